The lowest BCUT2D eigenvalue weighted by atomic mass is 10.1. The molecule has 3 rings (SSSR count). The first-order valence-corrected chi connectivity index (χ1v) is 10.9. The van der Waals surface area contributed by atoms with Crippen LogP contribution >= 0.6 is 0 Å². The van der Waals surface area contributed by atoms with E-state index in [0.717, 1.165) is 31.2 Å². The van der Waals surface area contributed by atoms with Gasteiger partial charge in [-0.05, 0) is 69.8 Å². The van der Waals surface area contributed by atoms with Crippen molar-refractivity contribution in [3.05, 3.63) is 29.6 Å². The van der Waals surface area contributed by atoms with E-state index in [1.54, 1.807) is 6.07 Å². The number of halogens is 1. The largest absolute Gasteiger partial charge is 0.491 e. The zero-order chi connectivity index (χ0) is 19.8. The number of ether oxygens (including phenoxy) is 1. The number of hydrogen-bond acceptors (Lipinski definition) is 3. The van der Waals surface area contributed by atoms with E-state index in [1.165, 1.54) is 51.4 Å². The first-order chi connectivity index (χ1) is 13.7. The highest BCUT2D eigenvalue weighted by Crippen LogP contribution is 2.21. The van der Waals surface area contributed by atoms with E-state index in [2.05, 4.69) is 22.0 Å². The summed E-state index contributed by atoms with van der Waals surface area (Å²) in [4.78, 5) is 9.77. The van der Waals surface area contributed by atoms with E-state index >= 15 is 0 Å². The van der Waals surface area contributed by atoms with Crippen LogP contribution in [0.15, 0.2) is 23.2 Å². The Bertz CT molecular complexity index is 645. The van der Waals surface area contributed by atoms with Gasteiger partial charge in [0.1, 0.15) is 0 Å². The van der Waals surface area contributed by atoms with Crippen molar-refractivity contribution in [2.75, 3.05) is 45.9 Å². The summed E-state index contributed by atoms with van der Waals surface area (Å²) in [5.41, 5.74) is 0.861. The van der Waals surface area contributed by atoms with Crippen LogP contribution in [-0.2, 0) is 6.54 Å². The molecule has 2 aliphatic rings. The van der Waals surface area contributed by atoms with Gasteiger partial charge in [0.05, 0.1) is 13.2 Å². The van der Waals surface area contributed by atoms with Gasteiger partial charge in [-0.3, -0.25) is 0 Å². The van der Waals surface area contributed by atoms with Gasteiger partial charge in [0, 0.05) is 26.2 Å². The molecule has 2 fully saturated rings. The van der Waals surface area contributed by atoms with Gasteiger partial charge in [0.15, 0.2) is 17.5 Å². The molecule has 0 aliphatic carbocycles. The van der Waals surface area contributed by atoms with E-state index in [4.69, 9.17) is 9.73 Å². The molecule has 0 bridgehead atoms. The van der Waals surface area contributed by atoms with Gasteiger partial charge in [-0.15, -0.1) is 0 Å². The van der Waals surface area contributed by atoms with Crippen LogP contribution < -0.4 is 10.1 Å². The van der Waals surface area contributed by atoms with Crippen LogP contribution in [0.25, 0.3) is 0 Å². The van der Waals surface area contributed by atoms with Crippen molar-refractivity contribution >= 4 is 5.96 Å². The first-order valence-electron chi connectivity index (χ1n) is 10.9. The summed E-state index contributed by atoms with van der Waals surface area (Å²) < 4.78 is 19.4. The summed E-state index contributed by atoms with van der Waals surface area (Å²) in [6.45, 7) is 11.5. The number of nitrogens with zero attached hydrogens (tertiary/aromatic N) is 3. The lowest BCUT2D eigenvalue weighted by Gasteiger charge is -2.29. The molecule has 1 aromatic carbocycles. The fraction of sp³-hybridized carbons (Fsp3) is 0.682. The number of piperidine rings is 1. The lowest BCUT2D eigenvalue weighted by molar-refractivity contribution is 0.198. The summed E-state index contributed by atoms with van der Waals surface area (Å²) in [5, 5.41) is 3.41. The van der Waals surface area contributed by atoms with Crippen LogP contribution in [-0.4, -0.2) is 61.6 Å². The molecule has 0 spiro atoms. The maximum atomic E-state index is 14.1. The molecule has 0 amide bonds. The van der Waals surface area contributed by atoms with Crippen LogP contribution in [0.3, 0.4) is 0 Å². The summed E-state index contributed by atoms with van der Waals surface area (Å²) in [7, 11) is 0. The lowest BCUT2D eigenvalue weighted by Crippen LogP contribution is -2.41. The normalized spacial score (nSPS) is 21.2. The SMILES string of the molecule is CCNC(=NCc1ccc(OCC)c(F)c1)N1CCC(CN2CCCCC2)C1. The van der Waals surface area contributed by atoms with E-state index in [9.17, 15) is 4.39 Å². The minimum Gasteiger partial charge on any atom is -0.491 e. The molecule has 0 saturated carbocycles. The second kappa shape index (κ2) is 10.6. The maximum Gasteiger partial charge on any atom is 0.194 e. The van der Waals surface area contributed by atoms with Crippen LogP contribution in [0.2, 0.25) is 0 Å². The Kier molecular flexibility index (Phi) is 7.95. The van der Waals surface area contributed by atoms with Crippen molar-refractivity contribution in [3.8, 4) is 5.75 Å². The fourth-order valence-corrected chi connectivity index (χ4v) is 4.19. The fourth-order valence-electron chi connectivity index (χ4n) is 4.19. The third-order valence-corrected chi connectivity index (χ3v) is 5.59. The van der Waals surface area contributed by atoms with Crippen LogP contribution in [0.5, 0.6) is 5.75 Å². The molecule has 28 heavy (non-hydrogen) atoms. The van der Waals surface area contributed by atoms with Gasteiger partial charge in [-0.1, -0.05) is 12.5 Å². The van der Waals surface area contributed by atoms with Crippen LogP contribution in [0.1, 0.15) is 45.1 Å². The highest BCUT2D eigenvalue weighted by atomic mass is 19.1. The topological polar surface area (TPSA) is 40.1 Å². The van der Waals surface area contributed by atoms with Crippen molar-refractivity contribution in [3.63, 3.8) is 0 Å². The molecule has 0 aromatic heterocycles. The van der Waals surface area contributed by atoms with Crippen molar-refractivity contribution in [1.82, 2.24) is 15.1 Å². The van der Waals surface area contributed by atoms with Crippen LogP contribution in [0.4, 0.5) is 4.39 Å². The number of aliphatic imine (C=N–C) groups is 1. The van der Waals surface area contributed by atoms with Gasteiger partial charge in [-0.2, -0.15) is 0 Å². The van der Waals surface area contributed by atoms with E-state index < -0.39 is 0 Å². The Morgan fingerprint density at radius 2 is 2.04 bits per heavy atom. The predicted molar refractivity (Wildman–Crippen MR) is 112 cm³/mol. The number of nitrogens with one attached hydrogen (secondary N) is 1. The monoisotopic (exact) mass is 390 g/mol. The molecule has 1 aromatic rings. The summed E-state index contributed by atoms with van der Waals surface area (Å²) in [6, 6.07) is 5.12. The standard InChI is InChI=1S/C22H35FN4O/c1-3-24-22(25-15-18-8-9-21(28-4-2)20(23)14-18)27-13-10-19(17-27)16-26-11-6-5-7-12-26/h8-9,14,19H,3-7,10-13,15-17H2,1-2H3,(H,24,25). The minimum atomic E-state index is -0.317. The highest BCUT2D eigenvalue weighted by molar-refractivity contribution is 5.80. The average Bonchev–Trinajstić information content (AvgIpc) is 3.16. The van der Waals surface area contributed by atoms with E-state index in [1.807, 2.05) is 13.0 Å². The second-order valence-corrected chi connectivity index (χ2v) is 7.83. The quantitative estimate of drug-likeness (QED) is 0.571. The number of hydrogen-bond donors (Lipinski definition) is 1. The number of benzene rings is 1. The van der Waals surface area contributed by atoms with Gasteiger partial charge >= 0.3 is 0 Å². The molecule has 5 nitrogen and oxygen atoms in total. The van der Waals surface area contributed by atoms with Crippen molar-refractivity contribution in [2.24, 2.45) is 10.9 Å². The molecule has 156 valence electrons. The summed E-state index contributed by atoms with van der Waals surface area (Å²) >= 11 is 0. The predicted octanol–water partition coefficient (Wildman–Crippen LogP) is 3.50. The Morgan fingerprint density at radius 1 is 1.21 bits per heavy atom. The molecule has 1 N–H and O–H groups in total. The van der Waals surface area contributed by atoms with E-state index in [-0.39, 0.29) is 5.82 Å². The molecule has 1 atom stereocenters. The van der Waals surface area contributed by atoms with Crippen molar-refractivity contribution in [2.45, 2.75) is 46.1 Å². The molecule has 6 heteroatoms. The Balaban J connectivity index is 1.57. The van der Waals surface area contributed by atoms with Crippen molar-refractivity contribution < 1.29 is 9.13 Å². The van der Waals surface area contributed by atoms with Gasteiger partial charge in [0.25, 0.3) is 0 Å². The second-order valence-electron chi connectivity index (χ2n) is 7.83. The van der Waals surface area contributed by atoms with Crippen LogP contribution in [0, 0.1) is 11.7 Å². The Morgan fingerprint density at radius 3 is 2.75 bits per heavy atom. The van der Waals surface area contributed by atoms with E-state index in [0.29, 0.717) is 24.8 Å². The number of likely N-dealkylation sites (tertiary alicyclic amines) is 2. The molecule has 2 aliphatic heterocycles. The number of rotatable bonds is 7. The zero-order valence-corrected chi connectivity index (χ0v) is 17.4. The molecule has 2 saturated heterocycles. The highest BCUT2D eigenvalue weighted by Gasteiger charge is 2.26. The third-order valence-electron chi connectivity index (χ3n) is 5.59. The smallest absolute Gasteiger partial charge is 0.194 e. The number of guanidine groups is 1. The Labute approximate surface area is 169 Å². The van der Waals surface area contributed by atoms with Gasteiger partial charge in [-0.25, -0.2) is 9.38 Å². The molecule has 0 radical (unpaired) electrons. The van der Waals surface area contributed by atoms with Gasteiger partial charge < -0.3 is 19.9 Å². The summed E-state index contributed by atoms with van der Waals surface area (Å²) in [6.07, 6.45) is 5.30. The first kappa shape index (κ1) is 20.9. The maximum absolute atomic E-state index is 14.1. The third kappa shape index (κ3) is 5.84. The Hall–Kier alpha value is -1.82. The minimum absolute atomic E-state index is 0.308. The molecular weight excluding hydrogens is 355 g/mol. The van der Waals surface area contributed by atoms with Gasteiger partial charge in [0.2, 0.25) is 0 Å². The summed E-state index contributed by atoms with van der Waals surface area (Å²) in [5.74, 6) is 1.65. The average molecular weight is 391 g/mol. The zero-order valence-electron chi connectivity index (χ0n) is 17.4. The molecule has 2 heterocycles. The molecule has 1 unspecified atom stereocenters. The van der Waals surface area contributed by atoms with Crippen molar-refractivity contribution in [1.29, 1.82) is 0 Å². The molecular formula is C22H35FN4O.